The van der Waals surface area contributed by atoms with E-state index in [4.69, 9.17) is 9.08 Å². The maximum absolute atomic E-state index is 13.7. The van der Waals surface area contributed by atoms with Crippen molar-refractivity contribution in [3.05, 3.63) is 47.0 Å². The number of amides is 2. The molecule has 0 saturated carbocycles. The molecule has 2 aliphatic heterocycles. The van der Waals surface area contributed by atoms with Crippen LogP contribution in [0.15, 0.2) is 41.5 Å². The molecule has 1 aromatic carbocycles. The molecule has 36 heavy (non-hydrogen) atoms. The number of carbonyl (C=O) groups excluding carboxylic acids is 2. The van der Waals surface area contributed by atoms with Crippen molar-refractivity contribution in [2.75, 3.05) is 6.61 Å². The Bertz CT molecular complexity index is 989. The molecule has 0 bridgehead atoms. The van der Waals surface area contributed by atoms with Gasteiger partial charge in [0.25, 0.3) is 0 Å². The number of carbonyl (C=O) groups is 2. The van der Waals surface area contributed by atoms with E-state index in [1.54, 1.807) is 0 Å². The van der Waals surface area contributed by atoms with E-state index in [0.717, 1.165) is 16.7 Å². The molecule has 0 unspecified atom stereocenters. The first-order valence-corrected chi connectivity index (χ1v) is 15.7. The van der Waals surface area contributed by atoms with Crippen molar-refractivity contribution in [3.63, 3.8) is 0 Å². The number of hydrogen-bond donors (Lipinski definition) is 1. The number of hydrogen-bond acceptors (Lipinski definition) is 5. The standard InChI is InChI=1S/C28H42BNO5Si/c1-17(2)36(18(3)4,19(5)6)34-16-24-25-20(7)13-22-26(23(25)14-29(33)35-24)28(32)30(27(22)31)15-21-11-9-8-10-12-21/h8-12,17-19,22-24,26,33H,13-16H2,1-7H3/t22-,23+,24-,26-/m1/s1. The molecular formula is C28H42BNO5Si. The fourth-order valence-electron chi connectivity index (χ4n) is 7.53. The van der Waals surface area contributed by atoms with Crippen LogP contribution in [0.5, 0.6) is 0 Å². The van der Waals surface area contributed by atoms with E-state index < -0.39 is 27.5 Å². The van der Waals surface area contributed by atoms with E-state index in [-0.39, 0.29) is 23.7 Å². The summed E-state index contributed by atoms with van der Waals surface area (Å²) >= 11 is 0. The smallest absolute Gasteiger partial charge is 0.427 e. The van der Waals surface area contributed by atoms with Crippen LogP contribution in [0.25, 0.3) is 0 Å². The van der Waals surface area contributed by atoms with Gasteiger partial charge in [-0.05, 0) is 53.3 Å². The van der Waals surface area contributed by atoms with Gasteiger partial charge >= 0.3 is 7.12 Å². The van der Waals surface area contributed by atoms with Crippen LogP contribution in [0.4, 0.5) is 0 Å². The van der Waals surface area contributed by atoms with Gasteiger partial charge in [0.15, 0.2) is 8.32 Å². The first-order valence-electron chi connectivity index (χ1n) is 13.5. The summed E-state index contributed by atoms with van der Waals surface area (Å²) in [5.74, 6) is -1.22. The molecule has 4 atom stereocenters. The second-order valence-electron chi connectivity index (χ2n) is 11.9. The van der Waals surface area contributed by atoms with Gasteiger partial charge in [-0.3, -0.25) is 14.5 Å². The summed E-state index contributed by atoms with van der Waals surface area (Å²) in [5.41, 5.74) is 4.44. The highest BCUT2D eigenvalue weighted by Gasteiger charge is 2.57. The van der Waals surface area contributed by atoms with Crippen LogP contribution in [0, 0.1) is 17.8 Å². The number of fused-ring (bicyclic) bond motifs is 3. The molecule has 196 valence electrons. The Balaban J connectivity index is 1.60. The Hall–Kier alpha value is -1.74. The minimum Gasteiger partial charge on any atom is -0.427 e. The molecule has 1 aliphatic carbocycles. The van der Waals surface area contributed by atoms with Gasteiger partial charge in [-0.15, -0.1) is 0 Å². The molecule has 0 spiro atoms. The Morgan fingerprint density at radius 2 is 1.64 bits per heavy atom. The average molecular weight is 512 g/mol. The third-order valence-corrected chi connectivity index (χ3v) is 15.0. The summed E-state index contributed by atoms with van der Waals surface area (Å²) in [7, 11) is -3.10. The van der Waals surface area contributed by atoms with Crippen molar-refractivity contribution in [1.29, 1.82) is 0 Å². The molecule has 3 aliphatic rings. The Labute approximate surface area is 217 Å². The van der Waals surface area contributed by atoms with Crippen LogP contribution in [0.2, 0.25) is 22.9 Å². The summed E-state index contributed by atoms with van der Waals surface area (Å²) in [5, 5.41) is 10.7. The van der Waals surface area contributed by atoms with E-state index in [0.29, 0.717) is 42.5 Å². The lowest BCUT2D eigenvalue weighted by molar-refractivity contribution is -0.140. The van der Waals surface area contributed by atoms with Crippen LogP contribution in [-0.4, -0.2) is 49.9 Å². The zero-order valence-corrected chi connectivity index (χ0v) is 23.9. The van der Waals surface area contributed by atoms with Gasteiger partial charge in [0.1, 0.15) is 0 Å². The fraction of sp³-hybridized carbons (Fsp3) is 0.643. The number of allylic oxidation sites excluding steroid dienone is 1. The minimum absolute atomic E-state index is 0.0908. The van der Waals surface area contributed by atoms with Crippen molar-refractivity contribution >= 4 is 27.3 Å². The van der Waals surface area contributed by atoms with E-state index in [2.05, 4.69) is 48.5 Å². The Morgan fingerprint density at radius 1 is 1.03 bits per heavy atom. The first-order chi connectivity index (χ1) is 17.0. The van der Waals surface area contributed by atoms with Gasteiger partial charge in [0, 0.05) is 0 Å². The van der Waals surface area contributed by atoms with Gasteiger partial charge in [-0.25, -0.2) is 0 Å². The molecule has 8 heteroatoms. The van der Waals surface area contributed by atoms with Crippen molar-refractivity contribution in [1.82, 2.24) is 4.90 Å². The zero-order chi connectivity index (χ0) is 26.4. The van der Waals surface area contributed by atoms with E-state index >= 15 is 0 Å². The monoisotopic (exact) mass is 511 g/mol. The molecule has 1 N–H and O–H groups in total. The molecule has 6 nitrogen and oxygen atoms in total. The molecule has 4 rings (SSSR count). The van der Waals surface area contributed by atoms with Crippen molar-refractivity contribution in [2.45, 2.75) is 90.5 Å². The van der Waals surface area contributed by atoms with Crippen LogP contribution in [-0.2, 0) is 25.2 Å². The molecule has 2 saturated heterocycles. The fourth-order valence-corrected chi connectivity index (χ4v) is 13.0. The molecule has 0 radical (unpaired) electrons. The summed E-state index contributed by atoms with van der Waals surface area (Å²) in [6.45, 7) is 16.3. The second-order valence-corrected chi connectivity index (χ2v) is 17.3. The summed E-state index contributed by atoms with van der Waals surface area (Å²) < 4.78 is 12.9. The topological polar surface area (TPSA) is 76.1 Å². The van der Waals surface area contributed by atoms with Gasteiger partial charge < -0.3 is 14.1 Å². The van der Waals surface area contributed by atoms with Crippen LogP contribution in [0.3, 0.4) is 0 Å². The normalized spacial score (nSPS) is 27.0. The lowest BCUT2D eigenvalue weighted by atomic mass is 9.59. The van der Waals surface area contributed by atoms with Crippen LogP contribution >= 0.6 is 0 Å². The summed E-state index contributed by atoms with van der Waals surface area (Å²) in [6, 6.07) is 9.66. The maximum Gasteiger partial charge on any atom is 0.455 e. The van der Waals surface area contributed by atoms with Crippen molar-refractivity contribution in [2.24, 2.45) is 17.8 Å². The van der Waals surface area contributed by atoms with Crippen molar-refractivity contribution < 1.29 is 23.7 Å². The zero-order valence-electron chi connectivity index (χ0n) is 22.9. The number of rotatable bonds is 8. The predicted octanol–water partition coefficient (Wildman–Crippen LogP) is 5.20. The third-order valence-electron chi connectivity index (χ3n) is 8.92. The average Bonchev–Trinajstić information content (AvgIpc) is 3.03. The maximum atomic E-state index is 13.7. The lowest BCUT2D eigenvalue weighted by Gasteiger charge is -2.46. The minimum atomic E-state index is -2.13. The second kappa shape index (κ2) is 10.6. The van der Waals surface area contributed by atoms with E-state index in [9.17, 15) is 14.6 Å². The van der Waals surface area contributed by atoms with E-state index in [1.807, 2.05) is 30.3 Å². The molecular weight excluding hydrogens is 469 g/mol. The van der Waals surface area contributed by atoms with Gasteiger partial charge in [-0.2, -0.15) is 0 Å². The highest BCUT2D eigenvalue weighted by molar-refractivity contribution is 6.77. The largest absolute Gasteiger partial charge is 0.455 e. The third kappa shape index (κ3) is 4.66. The van der Waals surface area contributed by atoms with Gasteiger partial charge in [0.2, 0.25) is 11.8 Å². The van der Waals surface area contributed by atoms with Crippen molar-refractivity contribution in [3.8, 4) is 0 Å². The SMILES string of the molecule is CC1=C2[C@@H](CO[Si](C(C)C)(C(C)C)C(C)C)OB(O)C[C@@H]2[C@@H]2C(=O)N(Cc3ccccc3)C(=O)[C@@H]2C1. The van der Waals surface area contributed by atoms with Crippen LogP contribution in [0.1, 0.15) is 60.5 Å². The molecule has 1 aromatic rings. The van der Waals surface area contributed by atoms with Gasteiger partial charge in [0.05, 0.1) is 31.1 Å². The number of likely N-dealkylation sites (tertiary alicyclic amines) is 1. The number of benzene rings is 1. The summed E-state index contributed by atoms with van der Waals surface area (Å²) in [6.07, 6.45) is 0.501. The summed E-state index contributed by atoms with van der Waals surface area (Å²) in [4.78, 5) is 28.5. The molecule has 0 aromatic heterocycles. The molecule has 2 fully saturated rings. The highest BCUT2D eigenvalue weighted by Crippen LogP contribution is 2.50. The Morgan fingerprint density at radius 3 is 2.22 bits per heavy atom. The molecule has 2 amide bonds. The number of nitrogens with zero attached hydrogens (tertiary/aromatic N) is 1. The highest BCUT2D eigenvalue weighted by atomic mass is 28.4. The Kier molecular flexibility index (Phi) is 8.01. The number of imide groups is 1. The molecule has 2 heterocycles. The first kappa shape index (κ1) is 27.3. The predicted molar refractivity (Wildman–Crippen MR) is 144 cm³/mol. The van der Waals surface area contributed by atoms with E-state index in [1.165, 1.54) is 4.90 Å². The van der Waals surface area contributed by atoms with Gasteiger partial charge in [-0.1, -0.05) is 77.4 Å². The lowest BCUT2D eigenvalue weighted by Crippen LogP contribution is -2.52. The quantitative estimate of drug-likeness (QED) is 0.295. The van der Waals surface area contributed by atoms with Crippen LogP contribution < -0.4 is 0 Å².